The minimum atomic E-state index is -1.26. The third kappa shape index (κ3) is 7.96. The Balaban J connectivity index is 0.000000547. The Kier molecular flexibility index (Phi) is 9.28. The van der Waals surface area contributed by atoms with E-state index >= 15 is 0 Å². The molecule has 1 heterocycles. The minimum absolute atomic E-state index is 0.0403. The van der Waals surface area contributed by atoms with Crippen molar-refractivity contribution >= 4 is 17.9 Å². The molecule has 0 saturated heterocycles. The van der Waals surface area contributed by atoms with Gasteiger partial charge in [0.2, 0.25) is 0 Å². The number of pyridine rings is 1. The van der Waals surface area contributed by atoms with Crippen molar-refractivity contribution in [3.63, 3.8) is 0 Å². The molecule has 0 aliphatic rings. The van der Waals surface area contributed by atoms with E-state index in [2.05, 4.69) is 25.8 Å². The average molecular weight is 443 g/mol. The summed E-state index contributed by atoms with van der Waals surface area (Å²) in [4.78, 5) is 35.6. The van der Waals surface area contributed by atoms with Gasteiger partial charge in [0.1, 0.15) is 0 Å². The van der Waals surface area contributed by atoms with Gasteiger partial charge in [0.25, 0.3) is 0 Å². The van der Waals surface area contributed by atoms with E-state index in [4.69, 9.17) is 15.9 Å². The molecule has 172 valence electrons. The summed E-state index contributed by atoms with van der Waals surface area (Å²) in [5, 5.41) is 25.3. The zero-order chi connectivity index (χ0) is 24.6. The number of hydrogen-bond acceptors (Lipinski definition) is 5. The van der Waals surface area contributed by atoms with E-state index in [1.807, 2.05) is 31.2 Å². The smallest absolute Gasteiger partial charge is 0.338 e. The van der Waals surface area contributed by atoms with Crippen LogP contribution in [0.25, 0.3) is 11.1 Å². The van der Waals surface area contributed by atoms with E-state index in [1.54, 1.807) is 6.92 Å². The molecule has 0 spiro atoms. The molecular weight excluding hydrogens is 412 g/mol. The Morgan fingerprint density at radius 1 is 0.969 bits per heavy atom. The fourth-order valence-electron chi connectivity index (χ4n) is 3.11. The molecule has 0 unspecified atom stereocenters. The maximum atomic E-state index is 11.9. The van der Waals surface area contributed by atoms with Crippen LogP contribution in [0.4, 0.5) is 0 Å². The quantitative estimate of drug-likeness (QED) is 0.493. The van der Waals surface area contributed by atoms with Gasteiger partial charge in [0.05, 0.1) is 11.3 Å². The van der Waals surface area contributed by atoms with Crippen LogP contribution in [-0.2, 0) is 22.6 Å². The minimum Gasteiger partial charge on any atom is -0.478 e. The molecule has 1 aromatic heterocycles. The van der Waals surface area contributed by atoms with Crippen LogP contribution >= 0.6 is 0 Å². The van der Waals surface area contributed by atoms with Crippen molar-refractivity contribution in [2.75, 3.05) is 0 Å². The number of carboxylic acid groups (broad SMARTS) is 3. The lowest BCUT2D eigenvalue weighted by Gasteiger charge is -2.23. The number of carboxylic acids is 3. The molecule has 32 heavy (non-hydrogen) atoms. The van der Waals surface area contributed by atoms with Gasteiger partial charge in [-0.15, -0.1) is 0 Å². The van der Waals surface area contributed by atoms with Crippen molar-refractivity contribution in [2.24, 2.45) is 11.1 Å². The van der Waals surface area contributed by atoms with Crippen molar-refractivity contribution < 1.29 is 29.7 Å². The molecule has 8 heteroatoms. The van der Waals surface area contributed by atoms with Gasteiger partial charge in [-0.2, -0.15) is 0 Å². The molecule has 0 aliphatic carbocycles. The Bertz CT molecular complexity index is 1000. The highest BCUT2D eigenvalue weighted by Crippen LogP contribution is 2.34. The first-order valence-corrected chi connectivity index (χ1v) is 9.93. The van der Waals surface area contributed by atoms with Crippen molar-refractivity contribution in [1.29, 1.82) is 0 Å². The van der Waals surface area contributed by atoms with Crippen LogP contribution in [-0.4, -0.2) is 38.2 Å². The van der Waals surface area contributed by atoms with Gasteiger partial charge in [-0.1, -0.05) is 50.6 Å². The molecule has 0 bridgehead atoms. The van der Waals surface area contributed by atoms with Crippen molar-refractivity contribution in [1.82, 2.24) is 4.98 Å². The highest BCUT2D eigenvalue weighted by molar-refractivity contribution is 5.98. The van der Waals surface area contributed by atoms with Gasteiger partial charge in [-0.05, 0) is 36.8 Å². The molecule has 0 saturated carbocycles. The standard InChI is InChI=1S/C20H26N2O2.C4H4O4/c1-12-6-8-14(9-7-12)18-15(11-21)16(10-20(3,4)5)22-13(2)17(18)19(23)24;5-3(6)1-2-4(7)8/h6-9H,10-11,21H2,1-5H3,(H,23,24);1-2H,(H,5,6)(H,7,8)/b;2-1-. The lowest BCUT2D eigenvalue weighted by Crippen LogP contribution is -2.18. The van der Waals surface area contributed by atoms with Gasteiger partial charge in [-0.25, -0.2) is 14.4 Å². The summed E-state index contributed by atoms with van der Waals surface area (Å²) < 4.78 is 0. The SMILES string of the molecule is Cc1ccc(-c2c(CN)c(CC(C)(C)C)nc(C)c2C(=O)O)cc1.O=C(O)/C=C\C(=O)O. The first kappa shape index (κ1) is 26.5. The first-order valence-electron chi connectivity index (χ1n) is 9.93. The number of aryl methyl sites for hydroxylation is 2. The number of aliphatic carboxylic acids is 2. The van der Waals surface area contributed by atoms with Crippen LogP contribution in [0.2, 0.25) is 0 Å². The molecule has 2 rings (SSSR count). The normalized spacial score (nSPS) is 11.1. The molecule has 0 aliphatic heterocycles. The van der Waals surface area contributed by atoms with Gasteiger partial charge in [0.15, 0.2) is 0 Å². The maximum Gasteiger partial charge on any atom is 0.338 e. The summed E-state index contributed by atoms with van der Waals surface area (Å²) in [7, 11) is 0. The van der Waals surface area contributed by atoms with Crippen LogP contribution in [0, 0.1) is 19.3 Å². The fraction of sp³-hybridized carbons (Fsp3) is 0.333. The summed E-state index contributed by atoms with van der Waals surface area (Å²) in [5.74, 6) is -3.48. The topological polar surface area (TPSA) is 151 Å². The second kappa shape index (κ2) is 11.2. The van der Waals surface area contributed by atoms with Crippen LogP contribution in [0.15, 0.2) is 36.4 Å². The van der Waals surface area contributed by atoms with Crippen molar-refractivity contribution in [3.8, 4) is 11.1 Å². The summed E-state index contributed by atoms with van der Waals surface area (Å²) in [6, 6.07) is 7.88. The number of benzene rings is 1. The Hall–Kier alpha value is -3.52. The molecule has 1 aromatic carbocycles. The third-order valence-corrected chi connectivity index (χ3v) is 4.39. The maximum absolute atomic E-state index is 11.9. The molecular formula is C24H30N2O6. The fourth-order valence-corrected chi connectivity index (χ4v) is 3.11. The Labute approximate surface area is 187 Å². The number of carbonyl (C=O) groups is 3. The molecule has 8 nitrogen and oxygen atoms in total. The third-order valence-electron chi connectivity index (χ3n) is 4.39. The van der Waals surface area contributed by atoms with Crippen LogP contribution < -0.4 is 5.73 Å². The van der Waals surface area contributed by atoms with Crippen LogP contribution in [0.5, 0.6) is 0 Å². The number of nitrogens with zero attached hydrogens (tertiary/aromatic N) is 1. The highest BCUT2D eigenvalue weighted by atomic mass is 16.4. The summed E-state index contributed by atoms with van der Waals surface area (Å²) >= 11 is 0. The van der Waals surface area contributed by atoms with E-state index in [-0.39, 0.29) is 17.5 Å². The zero-order valence-electron chi connectivity index (χ0n) is 19.0. The largest absolute Gasteiger partial charge is 0.478 e. The van der Waals surface area contributed by atoms with Gasteiger partial charge < -0.3 is 21.1 Å². The van der Waals surface area contributed by atoms with Gasteiger partial charge in [0, 0.05) is 30.0 Å². The van der Waals surface area contributed by atoms with E-state index in [0.29, 0.717) is 23.4 Å². The van der Waals surface area contributed by atoms with Crippen molar-refractivity contribution in [2.45, 2.75) is 47.6 Å². The molecule has 2 aromatic rings. The molecule has 0 amide bonds. The Morgan fingerprint density at radius 2 is 1.47 bits per heavy atom. The predicted molar refractivity (Wildman–Crippen MR) is 122 cm³/mol. The zero-order valence-corrected chi connectivity index (χ0v) is 19.0. The molecule has 0 atom stereocenters. The van der Waals surface area contributed by atoms with E-state index in [1.165, 1.54) is 0 Å². The molecule has 5 N–H and O–H groups in total. The van der Waals surface area contributed by atoms with Crippen LogP contribution in [0.3, 0.4) is 0 Å². The van der Waals surface area contributed by atoms with Gasteiger partial charge >= 0.3 is 17.9 Å². The van der Waals surface area contributed by atoms with E-state index < -0.39 is 17.9 Å². The number of aromatic nitrogens is 1. The summed E-state index contributed by atoms with van der Waals surface area (Å²) in [5.41, 5.74) is 11.3. The van der Waals surface area contributed by atoms with Crippen LogP contribution in [0.1, 0.15) is 53.6 Å². The van der Waals surface area contributed by atoms with E-state index in [9.17, 15) is 19.5 Å². The van der Waals surface area contributed by atoms with Crippen molar-refractivity contribution in [3.05, 3.63) is 64.5 Å². The predicted octanol–water partition coefficient (Wildman–Crippen LogP) is 3.82. The van der Waals surface area contributed by atoms with E-state index in [0.717, 1.165) is 28.8 Å². The lowest BCUT2D eigenvalue weighted by atomic mass is 9.85. The summed E-state index contributed by atoms with van der Waals surface area (Å²) in [6.07, 6.45) is 1.86. The second-order valence-corrected chi connectivity index (χ2v) is 8.50. The second-order valence-electron chi connectivity index (χ2n) is 8.50. The molecule has 0 radical (unpaired) electrons. The monoisotopic (exact) mass is 442 g/mol. The number of hydrogen-bond donors (Lipinski definition) is 4. The number of aromatic carboxylic acids is 1. The van der Waals surface area contributed by atoms with Gasteiger partial charge in [-0.3, -0.25) is 4.98 Å². The molecule has 0 fully saturated rings. The number of nitrogens with two attached hydrogens (primary N) is 1. The average Bonchev–Trinajstić information content (AvgIpc) is 2.65. The first-order chi connectivity index (χ1) is 14.8. The number of rotatable bonds is 6. The lowest BCUT2D eigenvalue weighted by molar-refractivity contribution is -0.134. The summed E-state index contributed by atoms with van der Waals surface area (Å²) in [6.45, 7) is 10.5. The highest BCUT2D eigenvalue weighted by Gasteiger charge is 2.24. The Morgan fingerprint density at radius 3 is 1.84 bits per heavy atom.